The number of carbonyl (C=O) groups is 1. The SMILES string of the molecule is CCNC(=NCCC(=O)NCc1ccccc1)N1CCN(C(C)C(F)(F)F)CC1.I. The van der Waals surface area contributed by atoms with Crippen molar-refractivity contribution in [1.82, 2.24) is 20.4 Å². The Bertz CT molecular complexity index is 664. The highest BCUT2D eigenvalue weighted by molar-refractivity contribution is 14.0. The van der Waals surface area contributed by atoms with Gasteiger partial charge in [-0.1, -0.05) is 30.3 Å². The van der Waals surface area contributed by atoms with E-state index in [1.807, 2.05) is 42.2 Å². The zero-order valence-corrected chi connectivity index (χ0v) is 19.7. The van der Waals surface area contributed by atoms with Crippen molar-refractivity contribution in [2.24, 2.45) is 4.99 Å². The van der Waals surface area contributed by atoms with E-state index in [9.17, 15) is 18.0 Å². The fourth-order valence-electron chi connectivity index (χ4n) is 3.10. The average molecular weight is 541 g/mol. The smallest absolute Gasteiger partial charge is 0.357 e. The summed E-state index contributed by atoms with van der Waals surface area (Å²) in [6.45, 7) is 6.15. The molecule has 1 saturated heterocycles. The van der Waals surface area contributed by atoms with Crippen molar-refractivity contribution in [1.29, 1.82) is 0 Å². The first kappa shape index (κ1) is 26.5. The van der Waals surface area contributed by atoms with Crippen LogP contribution in [0.2, 0.25) is 0 Å². The number of guanidine groups is 1. The number of carbonyl (C=O) groups excluding carboxylic acids is 1. The van der Waals surface area contributed by atoms with Crippen LogP contribution in [-0.4, -0.2) is 73.2 Å². The van der Waals surface area contributed by atoms with Gasteiger partial charge in [0.2, 0.25) is 5.91 Å². The molecule has 0 aliphatic carbocycles. The van der Waals surface area contributed by atoms with E-state index in [4.69, 9.17) is 0 Å². The molecule has 0 spiro atoms. The van der Waals surface area contributed by atoms with Crippen LogP contribution < -0.4 is 10.6 Å². The van der Waals surface area contributed by atoms with Crippen LogP contribution in [-0.2, 0) is 11.3 Å². The third kappa shape index (κ3) is 8.66. The van der Waals surface area contributed by atoms with Gasteiger partial charge in [0.15, 0.2) is 5.96 Å². The monoisotopic (exact) mass is 541 g/mol. The van der Waals surface area contributed by atoms with Crippen molar-refractivity contribution in [3.05, 3.63) is 35.9 Å². The molecule has 1 atom stereocenters. The van der Waals surface area contributed by atoms with E-state index in [-0.39, 0.29) is 36.3 Å². The summed E-state index contributed by atoms with van der Waals surface area (Å²) in [6, 6.07) is 8.21. The van der Waals surface area contributed by atoms with Crippen LogP contribution in [0, 0.1) is 0 Å². The number of amides is 1. The molecule has 1 aromatic carbocycles. The third-order valence-corrected chi connectivity index (χ3v) is 4.90. The Kier molecular flexibility index (Phi) is 11.5. The van der Waals surface area contributed by atoms with Gasteiger partial charge in [0.05, 0.1) is 6.54 Å². The predicted octanol–water partition coefficient (Wildman–Crippen LogP) is 2.84. The maximum Gasteiger partial charge on any atom is 0.403 e. The predicted molar refractivity (Wildman–Crippen MR) is 123 cm³/mol. The van der Waals surface area contributed by atoms with E-state index >= 15 is 0 Å². The Labute approximate surface area is 193 Å². The first-order chi connectivity index (χ1) is 13.8. The molecule has 6 nitrogen and oxygen atoms in total. The molecule has 1 amide bonds. The number of hydrogen-bond acceptors (Lipinski definition) is 3. The number of nitrogens with zero attached hydrogens (tertiary/aromatic N) is 3. The molecular formula is C20H31F3IN5O. The Balaban J connectivity index is 0.00000450. The highest BCUT2D eigenvalue weighted by Gasteiger charge is 2.41. The summed E-state index contributed by atoms with van der Waals surface area (Å²) in [5, 5.41) is 6.02. The minimum atomic E-state index is -4.21. The lowest BCUT2D eigenvalue weighted by Crippen LogP contribution is -2.56. The van der Waals surface area contributed by atoms with E-state index in [2.05, 4.69) is 15.6 Å². The van der Waals surface area contributed by atoms with Crippen LogP contribution in [0.4, 0.5) is 13.2 Å². The van der Waals surface area contributed by atoms with E-state index in [1.165, 1.54) is 11.8 Å². The van der Waals surface area contributed by atoms with Gasteiger partial charge in [-0.25, -0.2) is 0 Å². The van der Waals surface area contributed by atoms with Gasteiger partial charge in [-0.2, -0.15) is 13.2 Å². The largest absolute Gasteiger partial charge is 0.403 e. The number of piperazine rings is 1. The summed E-state index contributed by atoms with van der Waals surface area (Å²) in [5.41, 5.74) is 1.03. The molecule has 170 valence electrons. The third-order valence-electron chi connectivity index (χ3n) is 4.90. The Morgan fingerprint density at radius 1 is 1.13 bits per heavy atom. The van der Waals surface area contributed by atoms with E-state index in [0.29, 0.717) is 51.8 Å². The Morgan fingerprint density at radius 3 is 2.33 bits per heavy atom. The van der Waals surface area contributed by atoms with Crippen LogP contribution in [0.25, 0.3) is 0 Å². The number of alkyl halides is 3. The summed E-state index contributed by atoms with van der Waals surface area (Å²) in [7, 11) is 0. The number of nitrogens with one attached hydrogen (secondary N) is 2. The van der Waals surface area contributed by atoms with Crippen LogP contribution >= 0.6 is 24.0 Å². The van der Waals surface area contributed by atoms with Crippen molar-refractivity contribution in [3.63, 3.8) is 0 Å². The first-order valence-corrected chi connectivity index (χ1v) is 9.96. The fourth-order valence-corrected chi connectivity index (χ4v) is 3.10. The fraction of sp³-hybridized carbons (Fsp3) is 0.600. The molecule has 1 aliphatic heterocycles. The van der Waals surface area contributed by atoms with Gasteiger partial charge in [0.1, 0.15) is 6.04 Å². The molecule has 0 bridgehead atoms. The number of halogens is 4. The van der Waals surface area contributed by atoms with Crippen LogP contribution in [0.5, 0.6) is 0 Å². The lowest BCUT2D eigenvalue weighted by molar-refractivity contribution is -0.181. The van der Waals surface area contributed by atoms with Crippen molar-refractivity contribution in [3.8, 4) is 0 Å². The molecule has 0 aromatic heterocycles. The van der Waals surface area contributed by atoms with Gasteiger partial charge in [-0.3, -0.25) is 14.7 Å². The summed E-state index contributed by atoms with van der Waals surface area (Å²) >= 11 is 0. The van der Waals surface area contributed by atoms with Crippen molar-refractivity contribution in [2.75, 3.05) is 39.3 Å². The lowest BCUT2D eigenvalue weighted by Gasteiger charge is -2.39. The number of rotatable bonds is 7. The summed E-state index contributed by atoms with van der Waals surface area (Å²) < 4.78 is 38.7. The van der Waals surface area contributed by atoms with Crippen LogP contribution in [0.15, 0.2) is 35.3 Å². The molecule has 1 unspecified atom stereocenters. The normalized spacial score (nSPS) is 16.6. The number of aliphatic imine (C=N–C) groups is 1. The molecule has 1 aliphatic rings. The zero-order valence-electron chi connectivity index (χ0n) is 17.4. The standard InChI is InChI=1S/C20H30F3N5O.HI/c1-3-24-19(28-13-11-27(12-14-28)16(2)20(21,22)23)25-10-9-18(29)26-15-17-7-5-4-6-8-17;/h4-8,16H,3,9-15H2,1-2H3,(H,24,25)(H,26,29);1H. The van der Waals surface area contributed by atoms with Gasteiger partial charge < -0.3 is 15.5 Å². The van der Waals surface area contributed by atoms with Crippen LogP contribution in [0.1, 0.15) is 25.8 Å². The van der Waals surface area contributed by atoms with Crippen molar-refractivity contribution < 1.29 is 18.0 Å². The maximum absolute atomic E-state index is 12.9. The second kappa shape index (κ2) is 13.0. The van der Waals surface area contributed by atoms with E-state index in [1.54, 1.807) is 0 Å². The summed E-state index contributed by atoms with van der Waals surface area (Å²) in [4.78, 5) is 19.9. The number of hydrogen-bond donors (Lipinski definition) is 2. The Morgan fingerprint density at radius 2 is 1.77 bits per heavy atom. The van der Waals surface area contributed by atoms with Crippen molar-refractivity contribution >= 4 is 35.8 Å². The first-order valence-electron chi connectivity index (χ1n) is 9.96. The maximum atomic E-state index is 12.9. The van der Waals surface area contributed by atoms with Gasteiger partial charge >= 0.3 is 6.18 Å². The molecule has 2 rings (SSSR count). The van der Waals surface area contributed by atoms with Crippen LogP contribution in [0.3, 0.4) is 0 Å². The van der Waals surface area contributed by atoms with Gasteiger partial charge in [0, 0.05) is 45.7 Å². The van der Waals surface area contributed by atoms with Crippen molar-refractivity contribution in [2.45, 2.75) is 39.0 Å². The molecule has 1 heterocycles. The summed E-state index contributed by atoms with van der Waals surface area (Å²) in [6.07, 6.45) is -3.96. The quantitative estimate of drug-likeness (QED) is 0.317. The molecular weight excluding hydrogens is 510 g/mol. The van der Waals surface area contributed by atoms with E-state index in [0.717, 1.165) is 5.56 Å². The molecule has 30 heavy (non-hydrogen) atoms. The topological polar surface area (TPSA) is 60.0 Å². The Hall–Kier alpha value is -1.56. The highest BCUT2D eigenvalue weighted by atomic mass is 127. The second-order valence-corrected chi connectivity index (χ2v) is 6.99. The average Bonchev–Trinajstić information content (AvgIpc) is 2.71. The molecule has 2 N–H and O–H groups in total. The van der Waals surface area contributed by atoms with Gasteiger partial charge in [-0.05, 0) is 19.4 Å². The minimum Gasteiger partial charge on any atom is -0.357 e. The van der Waals surface area contributed by atoms with Gasteiger partial charge in [0.25, 0.3) is 0 Å². The lowest BCUT2D eigenvalue weighted by atomic mass is 10.2. The molecule has 0 radical (unpaired) electrons. The summed E-state index contributed by atoms with van der Waals surface area (Å²) in [5.74, 6) is 0.556. The molecule has 1 aromatic rings. The highest BCUT2D eigenvalue weighted by Crippen LogP contribution is 2.25. The zero-order chi connectivity index (χ0) is 21.3. The molecule has 0 saturated carbocycles. The second-order valence-electron chi connectivity index (χ2n) is 6.99. The number of benzene rings is 1. The van der Waals surface area contributed by atoms with E-state index < -0.39 is 12.2 Å². The molecule has 10 heteroatoms. The molecule has 1 fully saturated rings. The minimum absolute atomic E-state index is 0. The van der Waals surface area contributed by atoms with Gasteiger partial charge in [-0.15, -0.1) is 24.0 Å².